The minimum absolute atomic E-state index is 0.0525. The van der Waals surface area contributed by atoms with Crippen molar-refractivity contribution >= 4 is 17.3 Å². The van der Waals surface area contributed by atoms with Crippen LogP contribution < -0.4 is 15.4 Å². The van der Waals surface area contributed by atoms with Crippen molar-refractivity contribution in [2.75, 3.05) is 25.1 Å². The van der Waals surface area contributed by atoms with Crippen LogP contribution in [0.4, 0.5) is 11.4 Å². The van der Waals surface area contributed by atoms with Crippen LogP contribution in [-0.2, 0) is 4.79 Å². The van der Waals surface area contributed by atoms with E-state index < -0.39 is 4.92 Å². The van der Waals surface area contributed by atoms with Gasteiger partial charge in [0.15, 0.2) is 5.75 Å². The molecule has 1 aliphatic heterocycles. The summed E-state index contributed by atoms with van der Waals surface area (Å²) in [5.74, 6) is -0.0957. The van der Waals surface area contributed by atoms with Crippen molar-refractivity contribution in [3.8, 4) is 5.75 Å². The maximum atomic E-state index is 11.1. The lowest BCUT2D eigenvalue weighted by atomic mass is 9.96. The van der Waals surface area contributed by atoms with Gasteiger partial charge in [-0.25, -0.2) is 0 Å². The molecule has 0 bridgehead atoms. The number of methoxy groups -OCH3 is 1. The predicted octanol–water partition coefficient (Wildman–Crippen LogP) is 1.31. The zero-order valence-electron chi connectivity index (χ0n) is 11.2. The number of nitro benzene ring substituents is 1. The topological polar surface area (TPSA) is 98.7 Å². The summed E-state index contributed by atoms with van der Waals surface area (Å²) in [5, 5.41) is 10.8. The first-order valence-electron chi connectivity index (χ1n) is 6.39. The number of anilines is 1. The lowest BCUT2D eigenvalue weighted by Crippen LogP contribution is -2.38. The summed E-state index contributed by atoms with van der Waals surface area (Å²) in [5.41, 5.74) is 6.10. The Morgan fingerprint density at radius 3 is 2.60 bits per heavy atom. The van der Waals surface area contributed by atoms with E-state index in [0.29, 0.717) is 25.9 Å². The number of nitrogens with zero attached hydrogens (tertiary/aromatic N) is 2. The standard InChI is InChI=1S/C13H17N3O4/c1-20-12-8-10(2-3-11(12)16(18)19)15-6-4-9(5-7-15)13(14)17/h2-3,8-9H,4-7H2,1H3,(H2,14,17). The zero-order valence-corrected chi connectivity index (χ0v) is 11.2. The van der Waals surface area contributed by atoms with E-state index in [1.54, 1.807) is 12.1 Å². The van der Waals surface area contributed by atoms with E-state index in [9.17, 15) is 14.9 Å². The van der Waals surface area contributed by atoms with Gasteiger partial charge in [-0.05, 0) is 18.9 Å². The van der Waals surface area contributed by atoms with E-state index in [1.807, 2.05) is 0 Å². The number of amides is 1. The molecule has 7 nitrogen and oxygen atoms in total. The molecule has 108 valence electrons. The van der Waals surface area contributed by atoms with Crippen molar-refractivity contribution in [2.24, 2.45) is 11.7 Å². The number of rotatable bonds is 4. The third-order valence-corrected chi connectivity index (χ3v) is 3.62. The maximum Gasteiger partial charge on any atom is 0.311 e. The summed E-state index contributed by atoms with van der Waals surface area (Å²) in [4.78, 5) is 23.6. The Bertz CT molecular complexity index is 524. The molecule has 0 radical (unpaired) electrons. The van der Waals surface area contributed by atoms with Crippen LogP contribution in [0.1, 0.15) is 12.8 Å². The number of nitrogens with two attached hydrogens (primary N) is 1. The lowest BCUT2D eigenvalue weighted by Gasteiger charge is -2.32. The van der Waals surface area contributed by atoms with E-state index >= 15 is 0 Å². The van der Waals surface area contributed by atoms with Gasteiger partial charge in [-0.2, -0.15) is 0 Å². The molecule has 1 aromatic rings. The normalized spacial score (nSPS) is 15.9. The summed E-state index contributed by atoms with van der Waals surface area (Å²) in [6.45, 7) is 1.41. The molecule has 1 aromatic carbocycles. The zero-order chi connectivity index (χ0) is 14.7. The third-order valence-electron chi connectivity index (χ3n) is 3.62. The number of primary amides is 1. The first-order valence-corrected chi connectivity index (χ1v) is 6.39. The molecule has 0 saturated carbocycles. The van der Waals surface area contributed by atoms with Gasteiger partial charge >= 0.3 is 5.69 Å². The Morgan fingerprint density at radius 1 is 1.45 bits per heavy atom. The molecule has 0 aliphatic carbocycles. The number of carbonyl (C=O) groups is 1. The monoisotopic (exact) mass is 279 g/mol. The van der Waals surface area contributed by atoms with Crippen LogP contribution in [-0.4, -0.2) is 31.0 Å². The molecule has 1 saturated heterocycles. The fraction of sp³-hybridized carbons (Fsp3) is 0.462. The van der Waals surface area contributed by atoms with Crippen molar-refractivity contribution in [1.29, 1.82) is 0 Å². The molecule has 0 unspecified atom stereocenters. The van der Waals surface area contributed by atoms with Crippen LogP contribution in [0.3, 0.4) is 0 Å². The van der Waals surface area contributed by atoms with Crippen LogP contribution in [0.25, 0.3) is 0 Å². The number of ether oxygens (including phenoxy) is 1. The SMILES string of the molecule is COc1cc(N2CCC(C(N)=O)CC2)ccc1[N+](=O)[O-]. The Hall–Kier alpha value is -2.31. The summed E-state index contributed by atoms with van der Waals surface area (Å²) in [6, 6.07) is 4.79. The molecule has 0 spiro atoms. The highest BCUT2D eigenvalue weighted by Crippen LogP contribution is 2.32. The Morgan fingerprint density at radius 2 is 2.10 bits per heavy atom. The van der Waals surface area contributed by atoms with Gasteiger partial charge in [0.1, 0.15) is 0 Å². The first-order chi connectivity index (χ1) is 9.52. The number of benzene rings is 1. The molecule has 1 fully saturated rings. The highest BCUT2D eigenvalue weighted by molar-refractivity contribution is 5.77. The maximum absolute atomic E-state index is 11.1. The third kappa shape index (κ3) is 2.81. The van der Waals surface area contributed by atoms with Crippen LogP contribution in [0.2, 0.25) is 0 Å². The van der Waals surface area contributed by atoms with Gasteiger partial charge in [-0.1, -0.05) is 0 Å². The second kappa shape index (κ2) is 5.77. The summed E-state index contributed by atoms with van der Waals surface area (Å²) in [6.07, 6.45) is 1.41. The summed E-state index contributed by atoms with van der Waals surface area (Å²) >= 11 is 0. The Balaban J connectivity index is 2.14. The fourth-order valence-electron chi connectivity index (χ4n) is 2.44. The van der Waals surface area contributed by atoms with E-state index in [4.69, 9.17) is 10.5 Å². The van der Waals surface area contributed by atoms with E-state index in [-0.39, 0.29) is 23.3 Å². The quantitative estimate of drug-likeness (QED) is 0.661. The van der Waals surface area contributed by atoms with E-state index in [1.165, 1.54) is 13.2 Å². The van der Waals surface area contributed by atoms with Gasteiger partial charge in [0.25, 0.3) is 0 Å². The number of hydrogen-bond acceptors (Lipinski definition) is 5. The molecule has 0 atom stereocenters. The molecular weight excluding hydrogens is 262 g/mol. The molecule has 0 aromatic heterocycles. The van der Waals surface area contributed by atoms with Crippen molar-refractivity contribution < 1.29 is 14.5 Å². The van der Waals surface area contributed by atoms with E-state index in [0.717, 1.165) is 5.69 Å². The minimum atomic E-state index is -0.470. The average Bonchev–Trinajstić information content (AvgIpc) is 2.46. The first kappa shape index (κ1) is 14.1. The molecule has 2 rings (SSSR count). The van der Waals surface area contributed by atoms with Crippen molar-refractivity contribution in [1.82, 2.24) is 0 Å². The van der Waals surface area contributed by atoms with Gasteiger partial charge in [0.2, 0.25) is 5.91 Å². The predicted molar refractivity (Wildman–Crippen MR) is 73.8 cm³/mol. The molecular formula is C13H17N3O4. The number of hydrogen-bond donors (Lipinski definition) is 1. The van der Waals surface area contributed by atoms with E-state index in [2.05, 4.69) is 4.90 Å². The second-order valence-electron chi connectivity index (χ2n) is 4.78. The number of piperidine rings is 1. The van der Waals surface area contributed by atoms with Crippen molar-refractivity contribution in [3.05, 3.63) is 28.3 Å². The smallest absolute Gasteiger partial charge is 0.311 e. The molecule has 1 heterocycles. The number of carbonyl (C=O) groups excluding carboxylic acids is 1. The molecule has 1 aliphatic rings. The molecule has 1 amide bonds. The minimum Gasteiger partial charge on any atom is -0.490 e. The van der Waals surface area contributed by atoms with Crippen LogP contribution in [0, 0.1) is 16.0 Å². The van der Waals surface area contributed by atoms with Gasteiger partial charge in [0.05, 0.1) is 12.0 Å². The van der Waals surface area contributed by atoms with Crippen LogP contribution in [0.5, 0.6) is 5.75 Å². The molecule has 7 heteroatoms. The van der Waals surface area contributed by atoms with Crippen LogP contribution >= 0.6 is 0 Å². The van der Waals surface area contributed by atoms with Gasteiger partial charge in [-0.3, -0.25) is 14.9 Å². The van der Waals surface area contributed by atoms with Gasteiger partial charge < -0.3 is 15.4 Å². The molecule has 2 N–H and O–H groups in total. The average molecular weight is 279 g/mol. The lowest BCUT2D eigenvalue weighted by molar-refractivity contribution is -0.385. The highest BCUT2D eigenvalue weighted by atomic mass is 16.6. The van der Waals surface area contributed by atoms with Gasteiger partial charge in [0, 0.05) is 36.8 Å². The van der Waals surface area contributed by atoms with Crippen molar-refractivity contribution in [3.63, 3.8) is 0 Å². The fourth-order valence-corrected chi connectivity index (χ4v) is 2.44. The highest BCUT2D eigenvalue weighted by Gasteiger charge is 2.24. The summed E-state index contributed by atoms with van der Waals surface area (Å²) in [7, 11) is 1.41. The Kier molecular flexibility index (Phi) is 4.07. The van der Waals surface area contributed by atoms with Crippen LogP contribution in [0.15, 0.2) is 18.2 Å². The van der Waals surface area contributed by atoms with Gasteiger partial charge in [-0.15, -0.1) is 0 Å². The Labute approximate surface area is 116 Å². The second-order valence-corrected chi connectivity index (χ2v) is 4.78. The summed E-state index contributed by atoms with van der Waals surface area (Å²) < 4.78 is 5.06. The largest absolute Gasteiger partial charge is 0.490 e. The molecule has 20 heavy (non-hydrogen) atoms. The number of nitro groups is 1. The van der Waals surface area contributed by atoms with Crippen molar-refractivity contribution in [2.45, 2.75) is 12.8 Å².